The highest BCUT2D eigenvalue weighted by atomic mass is 35.5. The fourth-order valence-electron chi connectivity index (χ4n) is 2.99. The minimum Gasteiger partial charge on any atom is -0.320 e. The predicted octanol–water partition coefficient (Wildman–Crippen LogP) is 5.77. The number of anilines is 2. The highest BCUT2D eigenvalue weighted by Gasteiger charge is 2.22. The molecule has 1 aromatic heterocycles. The molecular formula is C22H16ClFN2O3S2. The van der Waals surface area contributed by atoms with Crippen LogP contribution in [-0.2, 0) is 10.0 Å². The Hall–Kier alpha value is -2.94. The van der Waals surface area contributed by atoms with E-state index in [1.165, 1.54) is 30.5 Å². The fraction of sp³-hybridized carbons (Fsp3) is 0.0455. The summed E-state index contributed by atoms with van der Waals surface area (Å²) in [4.78, 5) is 13.1. The van der Waals surface area contributed by atoms with Crippen LogP contribution in [0.15, 0.2) is 77.7 Å². The first kappa shape index (κ1) is 21.3. The first-order chi connectivity index (χ1) is 14.8. The van der Waals surface area contributed by atoms with Crippen LogP contribution in [0.25, 0.3) is 10.1 Å². The summed E-state index contributed by atoms with van der Waals surface area (Å²) in [6, 6.07) is 18.4. The molecule has 5 nitrogen and oxygen atoms in total. The first-order valence-corrected chi connectivity index (χ1v) is 11.7. The van der Waals surface area contributed by atoms with Crippen LogP contribution in [-0.4, -0.2) is 21.4 Å². The summed E-state index contributed by atoms with van der Waals surface area (Å²) < 4.78 is 40.8. The largest absolute Gasteiger partial charge is 0.320 e. The molecule has 9 heteroatoms. The Morgan fingerprint density at radius 2 is 1.74 bits per heavy atom. The Kier molecular flexibility index (Phi) is 5.70. The number of carbonyl (C=O) groups is 1. The number of nitrogens with one attached hydrogen (secondary N) is 1. The number of benzene rings is 3. The van der Waals surface area contributed by atoms with Gasteiger partial charge in [-0.05, 0) is 66.0 Å². The molecule has 4 rings (SSSR count). The molecule has 0 spiro atoms. The van der Waals surface area contributed by atoms with Gasteiger partial charge in [-0.25, -0.2) is 12.8 Å². The van der Waals surface area contributed by atoms with Crippen molar-refractivity contribution in [3.05, 3.63) is 88.5 Å². The lowest BCUT2D eigenvalue weighted by Crippen LogP contribution is -2.26. The van der Waals surface area contributed by atoms with Crippen molar-refractivity contribution in [3.8, 4) is 0 Å². The molecule has 0 aliphatic heterocycles. The van der Waals surface area contributed by atoms with E-state index < -0.39 is 15.8 Å². The maximum atomic E-state index is 13.2. The summed E-state index contributed by atoms with van der Waals surface area (Å²) in [5.41, 5.74) is 0.935. The SMILES string of the molecule is CN(c1ccc2sc(C(=O)Nc3ccccc3Cl)cc2c1)S(=O)(=O)c1ccc(F)cc1. The summed E-state index contributed by atoms with van der Waals surface area (Å²) in [5, 5.41) is 3.94. The second kappa shape index (κ2) is 8.30. The number of thiophene rings is 1. The van der Waals surface area contributed by atoms with E-state index in [4.69, 9.17) is 11.6 Å². The molecule has 1 N–H and O–H groups in total. The van der Waals surface area contributed by atoms with Crippen molar-refractivity contribution < 1.29 is 17.6 Å². The van der Waals surface area contributed by atoms with Crippen LogP contribution in [0, 0.1) is 5.82 Å². The number of hydrogen-bond donors (Lipinski definition) is 1. The average Bonchev–Trinajstić information content (AvgIpc) is 3.18. The zero-order valence-electron chi connectivity index (χ0n) is 16.2. The normalized spacial score (nSPS) is 11.5. The summed E-state index contributed by atoms with van der Waals surface area (Å²) in [6.07, 6.45) is 0. The lowest BCUT2D eigenvalue weighted by Gasteiger charge is -2.19. The van der Waals surface area contributed by atoms with Gasteiger partial charge in [-0.3, -0.25) is 9.10 Å². The standard InChI is InChI=1S/C22H16ClFN2O3S2/c1-26(31(28,29)17-9-6-15(24)7-10-17)16-8-11-20-14(12-16)13-21(30-20)22(27)25-19-5-3-2-4-18(19)23/h2-13H,1H3,(H,25,27). The van der Waals surface area contributed by atoms with E-state index in [-0.39, 0.29) is 10.8 Å². The number of rotatable bonds is 5. The molecule has 158 valence electrons. The molecular weight excluding hydrogens is 459 g/mol. The maximum absolute atomic E-state index is 13.2. The number of nitrogens with zero attached hydrogens (tertiary/aromatic N) is 1. The van der Waals surface area contributed by atoms with Crippen molar-refractivity contribution in [3.63, 3.8) is 0 Å². The number of carbonyl (C=O) groups excluding carboxylic acids is 1. The maximum Gasteiger partial charge on any atom is 0.265 e. The van der Waals surface area contributed by atoms with Gasteiger partial charge in [-0.1, -0.05) is 23.7 Å². The van der Waals surface area contributed by atoms with Crippen LogP contribution >= 0.6 is 22.9 Å². The van der Waals surface area contributed by atoms with E-state index in [1.54, 1.807) is 48.5 Å². The fourth-order valence-corrected chi connectivity index (χ4v) is 5.30. The quantitative estimate of drug-likeness (QED) is 0.399. The van der Waals surface area contributed by atoms with Gasteiger partial charge in [0.25, 0.3) is 15.9 Å². The molecule has 0 bridgehead atoms. The molecule has 0 fully saturated rings. The van der Waals surface area contributed by atoms with Crippen LogP contribution in [0.4, 0.5) is 15.8 Å². The topological polar surface area (TPSA) is 66.5 Å². The molecule has 0 unspecified atom stereocenters. The van der Waals surface area contributed by atoms with E-state index in [9.17, 15) is 17.6 Å². The van der Waals surface area contributed by atoms with Crippen molar-refractivity contribution in [2.24, 2.45) is 0 Å². The van der Waals surface area contributed by atoms with Gasteiger partial charge in [-0.2, -0.15) is 0 Å². The second-order valence-electron chi connectivity index (χ2n) is 6.69. The summed E-state index contributed by atoms with van der Waals surface area (Å²) in [6.45, 7) is 0. The van der Waals surface area contributed by atoms with Gasteiger partial charge in [0, 0.05) is 11.7 Å². The van der Waals surface area contributed by atoms with Gasteiger partial charge < -0.3 is 5.32 Å². The van der Waals surface area contributed by atoms with Crippen molar-refractivity contribution in [1.82, 2.24) is 0 Å². The Labute approximate surface area is 187 Å². The molecule has 3 aromatic carbocycles. The van der Waals surface area contributed by atoms with E-state index in [2.05, 4.69) is 5.32 Å². The highest BCUT2D eigenvalue weighted by molar-refractivity contribution is 7.92. The second-order valence-corrected chi connectivity index (χ2v) is 10.2. The smallest absolute Gasteiger partial charge is 0.265 e. The molecule has 1 heterocycles. The van der Waals surface area contributed by atoms with Gasteiger partial charge in [0.2, 0.25) is 0 Å². The third-order valence-electron chi connectivity index (χ3n) is 4.68. The summed E-state index contributed by atoms with van der Waals surface area (Å²) in [5.74, 6) is -0.813. The summed E-state index contributed by atoms with van der Waals surface area (Å²) >= 11 is 7.39. The molecule has 31 heavy (non-hydrogen) atoms. The number of fused-ring (bicyclic) bond motifs is 1. The van der Waals surface area contributed by atoms with E-state index in [1.807, 2.05) is 0 Å². The van der Waals surface area contributed by atoms with Crippen molar-refractivity contribution in [2.45, 2.75) is 4.90 Å². The lowest BCUT2D eigenvalue weighted by molar-refractivity contribution is 0.103. The van der Waals surface area contributed by atoms with E-state index in [0.717, 1.165) is 26.5 Å². The number of sulfonamides is 1. The minimum absolute atomic E-state index is 0.0124. The van der Waals surface area contributed by atoms with Crippen LogP contribution in [0.2, 0.25) is 5.02 Å². The number of hydrogen-bond acceptors (Lipinski definition) is 4. The highest BCUT2D eigenvalue weighted by Crippen LogP contribution is 2.32. The van der Waals surface area contributed by atoms with Crippen molar-refractivity contribution in [1.29, 1.82) is 0 Å². The van der Waals surface area contributed by atoms with Crippen molar-refractivity contribution >= 4 is 60.3 Å². The van der Waals surface area contributed by atoms with Crippen LogP contribution in [0.1, 0.15) is 9.67 Å². The molecule has 4 aromatic rings. The van der Waals surface area contributed by atoms with Crippen LogP contribution in [0.3, 0.4) is 0 Å². The zero-order chi connectivity index (χ0) is 22.2. The van der Waals surface area contributed by atoms with E-state index in [0.29, 0.717) is 21.3 Å². The van der Waals surface area contributed by atoms with Crippen LogP contribution < -0.4 is 9.62 Å². The lowest BCUT2D eigenvalue weighted by atomic mass is 10.2. The summed E-state index contributed by atoms with van der Waals surface area (Å²) in [7, 11) is -2.43. The number of halogens is 2. The first-order valence-electron chi connectivity index (χ1n) is 9.10. The zero-order valence-corrected chi connectivity index (χ0v) is 18.6. The molecule has 1 amide bonds. The van der Waals surface area contributed by atoms with Crippen molar-refractivity contribution in [2.75, 3.05) is 16.7 Å². The monoisotopic (exact) mass is 474 g/mol. The Morgan fingerprint density at radius 1 is 1.03 bits per heavy atom. The Morgan fingerprint density at radius 3 is 2.45 bits per heavy atom. The third-order valence-corrected chi connectivity index (χ3v) is 7.93. The molecule has 0 saturated heterocycles. The number of amides is 1. The van der Waals surface area contributed by atoms with Gasteiger partial charge in [-0.15, -0.1) is 11.3 Å². The van der Waals surface area contributed by atoms with Gasteiger partial charge >= 0.3 is 0 Å². The predicted molar refractivity (Wildman–Crippen MR) is 123 cm³/mol. The van der Waals surface area contributed by atoms with Gasteiger partial charge in [0.15, 0.2) is 0 Å². The molecule has 0 aliphatic rings. The average molecular weight is 475 g/mol. The van der Waals surface area contributed by atoms with Gasteiger partial charge in [0.05, 0.1) is 26.2 Å². The number of para-hydroxylation sites is 1. The Balaban J connectivity index is 1.62. The molecule has 0 radical (unpaired) electrons. The third kappa shape index (κ3) is 4.27. The molecule has 0 aliphatic carbocycles. The van der Waals surface area contributed by atoms with E-state index >= 15 is 0 Å². The molecule has 0 atom stereocenters. The Bertz CT molecular complexity index is 1390. The van der Waals surface area contributed by atoms with Crippen LogP contribution in [0.5, 0.6) is 0 Å². The molecule has 0 saturated carbocycles. The van der Waals surface area contributed by atoms with Gasteiger partial charge in [0.1, 0.15) is 5.82 Å². The minimum atomic E-state index is -3.86.